The maximum absolute atomic E-state index is 10.7. The standard InChI is InChI=1S/C22H25Cl2NO3/c1-14-10-21-17(11-18(14)24)19(26)12-22(28-21)6-8-25(9-7-22)13-20(27)15-2-4-16(23)5-3-15/h2-5,10-11,19-20,26-27H,6-9,12-13H2,1H3/t19-,20-/m1/s1. The molecule has 1 saturated heterocycles. The fourth-order valence-electron chi connectivity index (χ4n) is 4.24. The van der Waals surface area contributed by atoms with Gasteiger partial charge in [0.25, 0.3) is 0 Å². The normalized spacial score (nSPS) is 22.5. The van der Waals surface area contributed by atoms with Crippen molar-refractivity contribution in [3.63, 3.8) is 0 Å². The fraction of sp³-hybridized carbons (Fsp3) is 0.455. The van der Waals surface area contributed by atoms with Gasteiger partial charge in [0.1, 0.15) is 11.4 Å². The molecule has 1 spiro atoms. The smallest absolute Gasteiger partial charge is 0.126 e. The molecular formula is C22H25Cl2NO3. The summed E-state index contributed by atoms with van der Waals surface area (Å²) in [6.45, 7) is 4.16. The Balaban J connectivity index is 1.41. The number of likely N-dealkylation sites (tertiary alicyclic amines) is 1. The van der Waals surface area contributed by atoms with Crippen LogP contribution < -0.4 is 4.74 Å². The van der Waals surface area contributed by atoms with Crippen molar-refractivity contribution in [1.82, 2.24) is 4.90 Å². The maximum atomic E-state index is 10.7. The third-order valence-corrected chi connectivity index (χ3v) is 6.65. The van der Waals surface area contributed by atoms with Crippen LogP contribution in [0.15, 0.2) is 36.4 Å². The zero-order valence-electron chi connectivity index (χ0n) is 15.9. The van der Waals surface area contributed by atoms with Crippen molar-refractivity contribution in [2.45, 2.75) is 44.0 Å². The molecule has 4 rings (SSSR count). The molecule has 28 heavy (non-hydrogen) atoms. The topological polar surface area (TPSA) is 52.9 Å². The number of aliphatic hydroxyl groups excluding tert-OH is 2. The first kappa shape index (κ1) is 20.0. The summed E-state index contributed by atoms with van der Waals surface area (Å²) < 4.78 is 6.40. The summed E-state index contributed by atoms with van der Waals surface area (Å²) in [7, 11) is 0. The molecule has 4 nitrogen and oxygen atoms in total. The predicted octanol–water partition coefficient (Wildman–Crippen LogP) is 4.69. The number of piperidine rings is 1. The number of hydrogen-bond acceptors (Lipinski definition) is 4. The third-order valence-electron chi connectivity index (χ3n) is 6.00. The SMILES string of the molecule is Cc1cc2c(cc1Cl)[C@H](O)CC1(CCN(C[C@@H](O)c3ccc(Cl)cc3)CC1)O2. The van der Waals surface area contributed by atoms with Crippen molar-refractivity contribution in [2.75, 3.05) is 19.6 Å². The molecule has 2 N–H and O–H groups in total. The molecule has 0 bridgehead atoms. The number of nitrogens with zero attached hydrogens (tertiary/aromatic N) is 1. The summed E-state index contributed by atoms with van der Waals surface area (Å²) in [4.78, 5) is 2.25. The first-order valence-corrected chi connectivity index (χ1v) is 10.4. The molecule has 0 unspecified atom stereocenters. The van der Waals surface area contributed by atoms with Crippen molar-refractivity contribution in [1.29, 1.82) is 0 Å². The van der Waals surface area contributed by atoms with E-state index in [-0.39, 0.29) is 5.60 Å². The van der Waals surface area contributed by atoms with Crippen molar-refractivity contribution in [3.05, 3.63) is 63.1 Å². The fourth-order valence-corrected chi connectivity index (χ4v) is 4.54. The summed E-state index contributed by atoms with van der Waals surface area (Å²) in [6.07, 6.45) is 1.10. The van der Waals surface area contributed by atoms with Gasteiger partial charge in [0.15, 0.2) is 0 Å². The maximum Gasteiger partial charge on any atom is 0.126 e. The number of halogens is 2. The van der Waals surface area contributed by atoms with Crippen LogP contribution in [-0.4, -0.2) is 40.3 Å². The number of β-amino-alcohol motifs (C(OH)–C–C–N with tert-alkyl or cyclic N) is 1. The average molecular weight is 422 g/mol. The number of ether oxygens (including phenoxy) is 1. The van der Waals surface area contributed by atoms with Crippen molar-refractivity contribution < 1.29 is 14.9 Å². The van der Waals surface area contributed by atoms with E-state index < -0.39 is 12.2 Å². The van der Waals surface area contributed by atoms with Gasteiger partial charge in [0.2, 0.25) is 0 Å². The average Bonchev–Trinajstić information content (AvgIpc) is 2.66. The number of benzene rings is 2. The quantitative estimate of drug-likeness (QED) is 0.754. The molecule has 0 amide bonds. The largest absolute Gasteiger partial charge is 0.487 e. The number of rotatable bonds is 3. The van der Waals surface area contributed by atoms with Gasteiger partial charge in [0.05, 0.1) is 12.2 Å². The third kappa shape index (κ3) is 4.03. The minimum absolute atomic E-state index is 0.353. The predicted molar refractivity (Wildman–Crippen MR) is 111 cm³/mol. The Bertz CT molecular complexity index is 848. The van der Waals surface area contributed by atoms with Gasteiger partial charge in [-0.2, -0.15) is 0 Å². The first-order valence-electron chi connectivity index (χ1n) is 9.68. The molecule has 2 aromatic carbocycles. The number of fused-ring (bicyclic) bond motifs is 1. The van der Waals surface area contributed by atoms with Crippen LogP contribution >= 0.6 is 23.2 Å². The lowest BCUT2D eigenvalue weighted by Gasteiger charge is -2.46. The van der Waals surface area contributed by atoms with E-state index in [4.69, 9.17) is 27.9 Å². The van der Waals surface area contributed by atoms with Gasteiger partial charge in [-0.25, -0.2) is 0 Å². The van der Waals surface area contributed by atoms with Crippen LogP contribution in [-0.2, 0) is 0 Å². The molecule has 2 atom stereocenters. The Morgan fingerprint density at radius 3 is 2.54 bits per heavy atom. The summed E-state index contributed by atoms with van der Waals surface area (Å²) in [5.41, 5.74) is 2.25. The second-order valence-electron chi connectivity index (χ2n) is 8.01. The van der Waals surface area contributed by atoms with E-state index in [0.29, 0.717) is 23.0 Å². The van der Waals surface area contributed by atoms with E-state index in [2.05, 4.69) is 4.90 Å². The first-order chi connectivity index (χ1) is 13.3. The van der Waals surface area contributed by atoms with Crippen LogP contribution in [0, 0.1) is 6.92 Å². The van der Waals surface area contributed by atoms with Crippen molar-refractivity contribution >= 4 is 23.2 Å². The van der Waals surface area contributed by atoms with Crippen LogP contribution in [0.1, 0.15) is 48.2 Å². The number of aliphatic hydroxyl groups is 2. The Labute approximate surface area is 175 Å². The second-order valence-corrected chi connectivity index (χ2v) is 8.86. The van der Waals surface area contributed by atoms with E-state index in [9.17, 15) is 10.2 Å². The molecule has 0 aromatic heterocycles. The van der Waals surface area contributed by atoms with E-state index in [1.54, 1.807) is 12.1 Å². The van der Waals surface area contributed by atoms with Crippen LogP contribution in [0.25, 0.3) is 0 Å². The molecular weight excluding hydrogens is 397 g/mol. The molecule has 0 aliphatic carbocycles. The van der Waals surface area contributed by atoms with Gasteiger partial charge in [-0.3, -0.25) is 0 Å². The molecule has 6 heteroatoms. The summed E-state index contributed by atoms with van der Waals surface area (Å²) in [5, 5.41) is 22.5. The Hall–Kier alpha value is -1.30. The number of aryl methyl sites for hydroxylation is 1. The molecule has 0 saturated carbocycles. The molecule has 1 fully saturated rings. The zero-order valence-corrected chi connectivity index (χ0v) is 17.4. The summed E-state index contributed by atoms with van der Waals surface area (Å²) in [5.74, 6) is 0.746. The molecule has 0 radical (unpaired) electrons. The van der Waals surface area contributed by atoms with Gasteiger partial charge >= 0.3 is 0 Å². The van der Waals surface area contributed by atoms with E-state index in [0.717, 1.165) is 48.4 Å². The highest BCUT2D eigenvalue weighted by Crippen LogP contribution is 2.45. The van der Waals surface area contributed by atoms with Crippen LogP contribution in [0.3, 0.4) is 0 Å². The second kappa shape index (κ2) is 7.85. The van der Waals surface area contributed by atoms with Crippen LogP contribution in [0.5, 0.6) is 5.75 Å². The van der Waals surface area contributed by atoms with Crippen molar-refractivity contribution in [2.24, 2.45) is 0 Å². The lowest BCUT2D eigenvalue weighted by Crippen LogP contribution is -2.51. The summed E-state index contributed by atoms with van der Waals surface area (Å²) in [6, 6.07) is 11.1. The lowest BCUT2D eigenvalue weighted by molar-refractivity contribution is -0.0588. The molecule has 2 aliphatic heterocycles. The Morgan fingerprint density at radius 2 is 1.86 bits per heavy atom. The van der Waals surface area contributed by atoms with E-state index in [1.165, 1.54) is 0 Å². The van der Waals surface area contributed by atoms with Gasteiger partial charge < -0.3 is 19.8 Å². The monoisotopic (exact) mass is 421 g/mol. The van der Waals surface area contributed by atoms with Gasteiger partial charge in [-0.05, 0) is 55.2 Å². The molecule has 2 aliphatic rings. The number of hydrogen-bond donors (Lipinski definition) is 2. The summed E-state index contributed by atoms with van der Waals surface area (Å²) >= 11 is 12.1. The van der Waals surface area contributed by atoms with Gasteiger partial charge in [-0.1, -0.05) is 35.3 Å². The van der Waals surface area contributed by atoms with E-state index in [1.807, 2.05) is 31.2 Å². The van der Waals surface area contributed by atoms with Gasteiger partial charge in [-0.15, -0.1) is 0 Å². The van der Waals surface area contributed by atoms with Crippen LogP contribution in [0.4, 0.5) is 0 Å². The minimum Gasteiger partial charge on any atom is -0.487 e. The van der Waals surface area contributed by atoms with Gasteiger partial charge in [0, 0.05) is 41.7 Å². The lowest BCUT2D eigenvalue weighted by atomic mass is 9.81. The Kier molecular flexibility index (Phi) is 5.60. The highest BCUT2D eigenvalue weighted by molar-refractivity contribution is 6.31. The Morgan fingerprint density at radius 1 is 1.18 bits per heavy atom. The molecule has 150 valence electrons. The minimum atomic E-state index is -0.562. The van der Waals surface area contributed by atoms with E-state index >= 15 is 0 Å². The highest BCUT2D eigenvalue weighted by atomic mass is 35.5. The highest BCUT2D eigenvalue weighted by Gasteiger charge is 2.43. The molecule has 2 heterocycles. The van der Waals surface area contributed by atoms with Crippen molar-refractivity contribution in [3.8, 4) is 5.75 Å². The van der Waals surface area contributed by atoms with Crippen LogP contribution in [0.2, 0.25) is 10.0 Å². The zero-order chi connectivity index (χ0) is 19.9. The molecule has 2 aromatic rings.